The van der Waals surface area contributed by atoms with Crippen LogP contribution in [0.15, 0.2) is 41.4 Å². The van der Waals surface area contributed by atoms with Gasteiger partial charge in [0.2, 0.25) is 5.88 Å². The summed E-state index contributed by atoms with van der Waals surface area (Å²) in [6.45, 7) is 2.25. The van der Waals surface area contributed by atoms with Crippen molar-refractivity contribution in [2.24, 2.45) is 5.92 Å². The number of nitriles is 1. The second kappa shape index (κ2) is 7.97. The quantitative estimate of drug-likeness (QED) is 0.615. The van der Waals surface area contributed by atoms with E-state index in [0.29, 0.717) is 29.5 Å². The topological polar surface area (TPSA) is 96.2 Å². The van der Waals surface area contributed by atoms with E-state index in [9.17, 15) is 8.42 Å². The van der Waals surface area contributed by atoms with Crippen molar-refractivity contribution in [2.75, 3.05) is 30.9 Å². The number of sulfone groups is 1. The van der Waals surface area contributed by atoms with Crippen LogP contribution in [0.3, 0.4) is 0 Å². The van der Waals surface area contributed by atoms with Crippen LogP contribution in [0.25, 0.3) is 10.2 Å². The highest BCUT2D eigenvalue weighted by Gasteiger charge is 2.23. The molecule has 4 rings (SSSR count). The van der Waals surface area contributed by atoms with Crippen LogP contribution in [-0.2, 0) is 9.84 Å². The number of pyridine rings is 1. The van der Waals surface area contributed by atoms with Crippen LogP contribution in [0.4, 0.5) is 5.13 Å². The molecule has 0 N–H and O–H groups in total. The van der Waals surface area contributed by atoms with Gasteiger partial charge in [-0.05, 0) is 37.0 Å². The summed E-state index contributed by atoms with van der Waals surface area (Å²) in [6, 6.07) is 10.7. The first-order valence-electron chi connectivity index (χ1n) is 9.27. The summed E-state index contributed by atoms with van der Waals surface area (Å²) in [5, 5.41) is 9.81. The smallest absolute Gasteiger partial charge is 0.214 e. The third kappa shape index (κ3) is 4.33. The number of piperidine rings is 1. The number of aromatic nitrogens is 2. The first kappa shape index (κ1) is 19.6. The van der Waals surface area contributed by atoms with Gasteiger partial charge in [0, 0.05) is 31.6 Å². The molecule has 0 aliphatic carbocycles. The number of rotatable bonds is 5. The number of fused-ring (bicyclic) bond motifs is 1. The molecular weight excluding hydrogens is 408 g/mol. The molecule has 0 atom stereocenters. The van der Waals surface area contributed by atoms with Gasteiger partial charge in [0.1, 0.15) is 5.52 Å². The molecule has 0 amide bonds. The Balaban J connectivity index is 1.40. The van der Waals surface area contributed by atoms with Crippen molar-refractivity contribution < 1.29 is 13.2 Å². The zero-order chi connectivity index (χ0) is 20.4. The van der Waals surface area contributed by atoms with Crippen LogP contribution in [0, 0.1) is 17.2 Å². The molecule has 3 heterocycles. The summed E-state index contributed by atoms with van der Waals surface area (Å²) in [5.74, 6) is 0.880. The predicted molar refractivity (Wildman–Crippen MR) is 112 cm³/mol. The van der Waals surface area contributed by atoms with Gasteiger partial charge in [-0.2, -0.15) is 5.26 Å². The molecule has 29 heavy (non-hydrogen) atoms. The van der Waals surface area contributed by atoms with Crippen LogP contribution >= 0.6 is 11.3 Å². The van der Waals surface area contributed by atoms with E-state index in [1.54, 1.807) is 30.5 Å². The van der Waals surface area contributed by atoms with E-state index in [1.165, 1.54) is 17.6 Å². The molecule has 1 saturated heterocycles. The SMILES string of the molecule is CS(=O)(=O)c1cccc2sc(N3CCC(COc4cc(C#N)ccn4)CC3)nc12. The van der Waals surface area contributed by atoms with E-state index in [0.717, 1.165) is 35.8 Å². The number of anilines is 1. The molecule has 1 aromatic carbocycles. The Kier molecular flexibility index (Phi) is 5.39. The van der Waals surface area contributed by atoms with Crippen molar-refractivity contribution in [1.29, 1.82) is 5.26 Å². The fourth-order valence-corrected chi connectivity index (χ4v) is 5.34. The van der Waals surface area contributed by atoms with Gasteiger partial charge in [-0.15, -0.1) is 0 Å². The van der Waals surface area contributed by atoms with Crippen molar-refractivity contribution in [3.8, 4) is 11.9 Å². The molecule has 150 valence electrons. The van der Waals surface area contributed by atoms with E-state index in [-0.39, 0.29) is 4.90 Å². The van der Waals surface area contributed by atoms with Gasteiger partial charge >= 0.3 is 0 Å². The zero-order valence-corrected chi connectivity index (χ0v) is 17.5. The van der Waals surface area contributed by atoms with Crippen molar-refractivity contribution in [3.63, 3.8) is 0 Å². The average molecular weight is 429 g/mol. The van der Waals surface area contributed by atoms with E-state index >= 15 is 0 Å². The second-order valence-electron chi connectivity index (χ2n) is 7.11. The van der Waals surface area contributed by atoms with E-state index in [4.69, 9.17) is 10.00 Å². The fraction of sp³-hybridized carbons (Fsp3) is 0.350. The molecule has 0 saturated carbocycles. The molecule has 0 spiro atoms. The summed E-state index contributed by atoms with van der Waals surface area (Å²) in [6.07, 6.45) is 4.70. The largest absolute Gasteiger partial charge is 0.477 e. The number of benzene rings is 1. The first-order valence-corrected chi connectivity index (χ1v) is 12.0. The fourth-order valence-electron chi connectivity index (χ4n) is 3.40. The number of nitrogens with zero attached hydrogens (tertiary/aromatic N) is 4. The Labute approximate surface area is 173 Å². The Morgan fingerprint density at radius 2 is 2.10 bits per heavy atom. The summed E-state index contributed by atoms with van der Waals surface area (Å²) >= 11 is 1.53. The predicted octanol–water partition coefficient (Wildman–Crippen LogP) is 3.26. The molecule has 1 aliphatic rings. The summed E-state index contributed by atoms with van der Waals surface area (Å²) < 4.78 is 30.7. The molecule has 7 nitrogen and oxygen atoms in total. The van der Waals surface area contributed by atoms with Gasteiger partial charge in [-0.25, -0.2) is 18.4 Å². The molecule has 3 aromatic rings. The molecule has 2 aromatic heterocycles. The Hall–Kier alpha value is -2.70. The molecule has 0 radical (unpaired) electrons. The minimum Gasteiger partial charge on any atom is -0.477 e. The molecule has 0 unspecified atom stereocenters. The van der Waals surface area contributed by atoms with Gasteiger partial charge in [-0.1, -0.05) is 17.4 Å². The lowest BCUT2D eigenvalue weighted by Gasteiger charge is -2.31. The minimum absolute atomic E-state index is 0.285. The van der Waals surface area contributed by atoms with E-state index in [2.05, 4.69) is 20.9 Å². The van der Waals surface area contributed by atoms with Gasteiger partial charge in [0.15, 0.2) is 15.0 Å². The van der Waals surface area contributed by atoms with Gasteiger partial charge in [-0.3, -0.25) is 0 Å². The van der Waals surface area contributed by atoms with Crippen molar-refractivity contribution in [2.45, 2.75) is 17.7 Å². The monoisotopic (exact) mass is 428 g/mol. The maximum atomic E-state index is 12.0. The second-order valence-corrected chi connectivity index (χ2v) is 10.1. The highest BCUT2D eigenvalue weighted by Crippen LogP contribution is 2.34. The first-order chi connectivity index (χ1) is 13.9. The highest BCUT2D eigenvalue weighted by molar-refractivity contribution is 7.91. The van der Waals surface area contributed by atoms with Crippen LogP contribution in [-0.4, -0.2) is 44.3 Å². The van der Waals surface area contributed by atoms with Crippen molar-refractivity contribution in [3.05, 3.63) is 42.1 Å². The lowest BCUT2D eigenvalue weighted by atomic mass is 9.98. The summed E-state index contributed by atoms with van der Waals surface area (Å²) in [5.41, 5.74) is 1.10. The molecule has 0 bridgehead atoms. The maximum Gasteiger partial charge on any atom is 0.214 e. The van der Waals surface area contributed by atoms with Crippen LogP contribution in [0.5, 0.6) is 5.88 Å². The summed E-state index contributed by atoms with van der Waals surface area (Å²) in [7, 11) is -3.31. The summed E-state index contributed by atoms with van der Waals surface area (Å²) in [4.78, 5) is 11.3. The molecule has 9 heteroatoms. The van der Waals surface area contributed by atoms with E-state index < -0.39 is 9.84 Å². The average Bonchev–Trinajstić information content (AvgIpc) is 3.16. The lowest BCUT2D eigenvalue weighted by Crippen LogP contribution is -2.35. The van der Waals surface area contributed by atoms with Gasteiger partial charge in [0.05, 0.1) is 27.8 Å². The number of thiazole rings is 1. The van der Waals surface area contributed by atoms with Crippen LogP contribution in [0.2, 0.25) is 0 Å². The Morgan fingerprint density at radius 1 is 1.31 bits per heavy atom. The molecule has 1 fully saturated rings. The van der Waals surface area contributed by atoms with Crippen LogP contribution < -0.4 is 9.64 Å². The number of hydrogen-bond donors (Lipinski definition) is 0. The van der Waals surface area contributed by atoms with Crippen molar-refractivity contribution in [1.82, 2.24) is 9.97 Å². The Morgan fingerprint density at radius 3 is 2.83 bits per heavy atom. The van der Waals surface area contributed by atoms with Crippen LogP contribution in [0.1, 0.15) is 18.4 Å². The number of hydrogen-bond acceptors (Lipinski definition) is 8. The standard InChI is InChI=1S/C20H20N4O3S2/c1-29(25,26)17-4-2-3-16-19(17)23-20(28-16)24-9-6-14(7-10-24)13-27-18-11-15(12-21)5-8-22-18/h2-5,8,11,14H,6-7,9-10,13H2,1H3. The molecular formula is C20H20N4O3S2. The third-order valence-electron chi connectivity index (χ3n) is 4.99. The zero-order valence-electron chi connectivity index (χ0n) is 15.9. The van der Waals surface area contributed by atoms with Gasteiger partial charge < -0.3 is 9.64 Å². The molecule has 1 aliphatic heterocycles. The van der Waals surface area contributed by atoms with Gasteiger partial charge in [0.25, 0.3) is 0 Å². The number of ether oxygens (including phenoxy) is 1. The normalized spacial score (nSPS) is 15.4. The third-order valence-corrected chi connectivity index (χ3v) is 7.20. The van der Waals surface area contributed by atoms with E-state index in [1.807, 2.05) is 6.07 Å². The maximum absolute atomic E-state index is 12.0. The Bertz CT molecular complexity index is 1180. The van der Waals surface area contributed by atoms with Crippen molar-refractivity contribution >= 4 is 36.5 Å². The highest BCUT2D eigenvalue weighted by atomic mass is 32.2. The lowest BCUT2D eigenvalue weighted by molar-refractivity contribution is 0.216. The minimum atomic E-state index is -3.31. The number of para-hydroxylation sites is 1.